The minimum absolute atomic E-state index is 0.217. The van der Waals surface area contributed by atoms with Crippen LogP contribution in [0.3, 0.4) is 0 Å². The Morgan fingerprint density at radius 1 is 1.29 bits per heavy atom. The minimum Gasteiger partial charge on any atom is -0.389 e. The van der Waals surface area contributed by atoms with Gasteiger partial charge in [0.2, 0.25) is 0 Å². The molecule has 1 aliphatic rings. The fourth-order valence-electron chi connectivity index (χ4n) is 2.59. The standard InChI is InChI=1S/C15H15Cl2N5O2/c16-9-5-10(17)14(20-6-9)22-4-1-11(13(23)8-22)21-15(24)12-7-18-2-3-19-12/h2-3,5-7,11,13,23H,1,4,8H2,(H,21,24)/t11-,13-/m1/s1. The van der Waals surface area contributed by atoms with Crippen LogP contribution >= 0.6 is 23.2 Å². The third-order valence-corrected chi connectivity index (χ3v) is 4.27. The Hall–Kier alpha value is -1.96. The summed E-state index contributed by atoms with van der Waals surface area (Å²) < 4.78 is 0. The number of nitrogens with one attached hydrogen (secondary N) is 1. The highest BCUT2D eigenvalue weighted by molar-refractivity contribution is 6.36. The van der Waals surface area contributed by atoms with Crippen molar-refractivity contribution >= 4 is 34.9 Å². The quantitative estimate of drug-likeness (QED) is 0.854. The van der Waals surface area contributed by atoms with Crippen LogP contribution in [0.5, 0.6) is 0 Å². The molecule has 0 radical (unpaired) electrons. The number of amides is 1. The smallest absolute Gasteiger partial charge is 0.271 e. The van der Waals surface area contributed by atoms with Gasteiger partial charge >= 0.3 is 0 Å². The van der Waals surface area contributed by atoms with E-state index < -0.39 is 6.10 Å². The second-order valence-electron chi connectivity index (χ2n) is 5.43. The number of anilines is 1. The summed E-state index contributed by atoms with van der Waals surface area (Å²) in [5, 5.41) is 14.0. The van der Waals surface area contributed by atoms with Gasteiger partial charge in [-0.05, 0) is 12.5 Å². The number of nitrogens with zero attached hydrogens (tertiary/aromatic N) is 4. The molecule has 3 rings (SSSR count). The van der Waals surface area contributed by atoms with Crippen molar-refractivity contribution in [1.82, 2.24) is 20.3 Å². The van der Waals surface area contributed by atoms with Crippen LogP contribution in [0.4, 0.5) is 5.82 Å². The zero-order chi connectivity index (χ0) is 17.1. The molecule has 7 nitrogen and oxygen atoms in total. The lowest BCUT2D eigenvalue weighted by atomic mass is 10.0. The number of aliphatic hydroxyl groups is 1. The summed E-state index contributed by atoms with van der Waals surface area (Å²) in [5.74, 6) is 0.210. The Morgan fingerprint density at radius 2 is 2.12 bits per heavy atom. The molecule has 0 unspecified atom stereocenters. The van der Waals surface area contributed by atoms with Crippen molar-refractivity contribution in [3.05, 3.63) is 46.6 Å². The molecule has 9 heteroatoms. The highest BCUT2D eigenvalue weighted by Gasteiger charge is 2.30. The van der Waals surface area contributed by atoms with E-state index in [0.29, 0.717) is 35.4 Å². The molecule has 2 atom stereocenters. The average molecular weight is 368 g/mol. The van der Waals surface area contributed by atoms with Crippen molar-refractivity contribution < 1.29 is 9.90 Å². The molecule has 2 N–H and O–H groups in total. The second-order valence-corrected chi connectivity index (χ2v) is 6.28. The highest BCUT2D eigenvalue weighted by atomic mass is 35.5. The van der Waals surface area contributed by atoms with Gasteiger partial charge in [-0.3, -0.25) is 9.78 Å². The van der Waals surface area contributed by atoms with E-state index in [9.17, 15) is 9.90 Å². The van der Waals surface area contributed by atoms with E-state index in [1.54, 1.807) is 6.07 Å². The van der Waals surface area contributed by atoms with Crippen LogP contribution in [0, 0.1) is 0 Å². The number of hydrogen-bond donors (Lipinski definition) is 2. The zero-order valence-corrected chi connectivity index (χ0v) is 14.1. The molecule has 0 aromatic carbocycles. The van der Waals surface area contributed by atoms with Gasteiger partial charge in [0.1, 0.15) is 11.5 Å². The highest BCUT2D eigenvalue weighted by Crippen LogP contribution is 2.28. The molecular weight excluding hydrogens is 353 g/mol. The van der Waals surface area contributed by atoms with E-state index in [0.717, 1.165) is 0 Å². The first kappa shape index (κ1) is 16.9. The maximum atomic E-state index is 12.1. The van der Waals surface area contributed by atoms with Crippen LogP contribution in [0.25, 0.3) is 0 Å². The molecule has 24 heavy (non-hydrogen) atoms. The Kier molecular flexibility index (Phi) is 5.13. The molecule has 2 aromatic rings. The van der Waals surface area contributed by atoms with Crippen LogP contribution < -0.4 is 10.2 Å². The number of piperidine rings is 1. The Balaban J connectivity index is 1.64. The predicted octanol–water partition coefficient (Wildman–Crippen LogP) is 1.55. The summed E-state index contributed by atoms with van der Waals surface area (Å²) >= 11 is 12.0. The number of rotatable bonds is 3. The normalized spacial score (nSPS) is 20.7. The SMILES string of the molecule is O=C(N[C@@H]1CCN(c2ncc(Cl)cc2Cl)C[C@H]1O)c1cnccn1. The molecular formula is C15H15Cl2N5O2. The molecule has 0 saturated carbocycles. The van der Waals surface area contributed by atoms with Crippen molar-refractivity contribution in [1.29, 1.82) is 0 Å². The number of hydrogen-bond acceptors (Lipinski definition) is 6. The van der Waals surface area contributed by atoms with Gasteiger partial charge in [0.15, 0.2) is 0 Å². The summed E-state index contributed by atoms with van der Waals surface area (Å²) in [6.45, 7) is 0.899. The predicted molar refractivity (Wildman–Crippen MR) is 90.4 cm³/mol. The lowest BCUT2D eigenvalue weighted by molar-refractivity contribution is 0.0793. The number of aliphatic hydroxyl groups excluding tert-OH is 1. The van der Waals surface area contributed by atoms with Gasteiger partial charge in [-0.25, -0.2) is 9.97 Å². The van der Waals surface area contributed by atoms with Gasteiger partial charge in [0.05, 0.1) is 28.4 Å². The third-order valence-electron chi connectivity index (χ3n) is 3.78. The van der Waals surface area contributed by atoms with Crippen LogP contribution in [0.1, 0.15) is 16.9 Å². The van der Waals surface area contributed by atoms with Crippen molar-refractivity contribution in [2.45, 2.75) is 18.6 Å². The molecule has 0 bridgehead atoms. The number of pyridine rings is 1. The molecule has 0 spiro atoms. The molecule has 1 aliphatic heterocycles. The van der Waals surface area contributed by atoms with E-state index in [2.05, 4.69) is 20.3 Å². The van der Waals surface area contributed by atoms with Crippen LogP contribution in [-0.2, 0) is 0 Å². The maximum absolute atomic E-state index is 12.1. The molecule has 1 amide bonds. The summed E-state index contributed by atoms with van der Waals surface area (Å²) in [6.07, 6.45) is 5.63. The van der Waals surface area contributed by atoms with E-state index in [4.69, 9.17) is 23.2 Å². The maximum Gasteiger partial charge on any atom is 0.271 e. The van der Waals surface area contributed by atoms with Gasteiger partial charge in [-0.2, -0.15) is 0 Å². The number of carbonyl (C=O) groups is 1. The number of aromatic nitrogens is 3. The first-order valence-electron chi connectivity index (χ1n) is 7.35. The van der Waals surface area contributed by atoms with E-state index in [-0.39, 0.29) is 17.6 Å². The Labute approximate surface area is 148 Å². The van der Waals surface area contributed by atoms with Crippen LogP contribution in [-0.4, -0.2) is 51.2 Å². The van der Waals surface area contributed by atoms with Crippen molar-refractivity contribution in [2.24, 2.45) is 0 Å². The monoisotopic (exact) mass is 367 g/mol. The minimum atomic E-state index is -0.757. The summed E-state index contributed by atoms with van der Waals surface area (Å²) in [5.41, 5.74) is 0.217. The summed E-state index contributed by atoms with van der Waals surface area (Å²) in [7, 11) is 0. The van der Waals surface area contributed by atoms with E-state index in [1.807, 2.05) is 4.90 Å². The number of halogens is 2. The first-order valence-corrected chi connectivity index (χ1v) is 8.11. The van der Waals surface area contributed by atoms with Crippen LogP contribution in [0.15, 0.2) is 30.9 Å². The number of carbonyl (C=O) groups excluding carboxylic acids is 1. The first-order chi connectivity index (χ1) is 11.5. The van der Waals surface area contributed by atoms with Gasteiger partial charge in [-0.1, -0.05) is 23.2 Å². The topological polar surface area (TPSA) is 91.2 Å². The van der Waals surface area contributed by atoms with Gasteiger partial charge in [0, 0.05) is 31.7 Å². The lowest BCUT2D eigenvalue weighted by Gasteiger charge is -2.37. The van der Waals surface area contributed by atoms with E-state index >= 15 is 0 Å². The van der Waals surface area contributed by atoms with Gasteiger partial charge in [0.25, 0.3) is 5.91 Å². The van der Waals surface area contributed by atoms with Crippen molar-refractivity contribution in [2.75, 3.05) is 18.0 Å². The van der Waals surface area contributed by atoms with E-state index in [1.165, 1.54) is 24.8 Å². The number of β-amino-alcohol motifs (C(OH)–C–C–N with tert-alkyl or cyclic N) is 1. The second kappa shape index (κ2) is 7.29. The largest absolute Gasteiger partial charge is 0.389 e. The van der Waals surface area contributed by atoms with Crippen molar-refractivity contribution in [3.63, 3.8) is 0 Å². The molecule has 1 saturated heterocycles. The van der Waals surface area contributed by atoms with Crippen LogP contribution in [0.2, 0.25) is 10.0 Å². The Morgan fingerprint density at radius 3 is 2.79 bits per heavy atom. The average Bonchev–Trinajstić information content (AvgIpc) is 2.57. The fraction of sp³-hybridized carbons (Fsp3) is 0.333. The molecule has 0 aliphatic carbocycles. The molecule has 2 aromatic heterocycles. The summed E-state index contributed by atoms with van der Waals surface area (Å²) in [4.78, 5) is 26.0. The fourth-order valence-corrected chi connectivity index (χ4v) is 3.09. The third kappa shape index (κ3) is 3.75. The van der Waals surface area contributed by atoms with Gasteiger partial charge in [-0.15, -0.1) is 0 Å². The molecule has 126 valence electrons. The Bertz CT molecular complexity index is 731. The molecule has 1 fully saturated rings. The van der Waals surface area contributed by atoms with Crippen molar-refractivity contribution in [3.8, 4) is 0 Å². The summed E-state index contributed by atoms with van der Waals surface area (Å²) in [6, 6.07) is 1.24. The van der Waals surface area contributed by atoms with Gasteiger partial charge < -0.3 is 15.3 Å². The lowest BCUT2D eigenvalue weighted by Crippen LogP contribution is -2.54. The zero-order valence-electron chi connectivity index (χ0n) is 12.6. The molecule has 3 heterocycles.